The maximum absolute atomic E-state index is 12.0. The summed E-state index contributed by atoms with van der Waals surface area (Å²) in [5, 5.41) is 4.04. The molecule has 1 heterocycles. The van der Waals surface area contributed by atoms with Crippen LogP contribution in [0.15, 0.2) is 64.1 Å². The third-order valence-corrected chi connectivity index (χ3v) is 4.62. The average molecular weight is 361 g/mol. The number of hydrogen-bond donors (Lipinski definition) is 2. The molecule has 0 unspecified atom stereocenters. The van der Waals surface area contributed by atoms with E-state index in [9.17, 15) is 4.79 Å². The van der Waals surface area contributed by atoms with E-state index in [2.05, 4.69) is 32.3 Å². The lowest BCUT2D eigenvalue weighted by molar-refractivity contribution is -0.113. The minimum absolute atomic E-state index is 0.00685. The van der Waals surface area contributed by atoms with Crippen molar-refractivity contribution in [1.82, 2.24) is 4.98 Å². The molecule has 3 rings (SSSR count). The molecular weight excluding hydrogens is 348 g/mol. The fraction of sp³-hybridized carbons (Fsp3) is 0.0625. The molecular formula is C16H13BrN2OS. The summed E-state index contributed by atoms with van der Waals surface area (Å²) in [4.78, 5) is 16.3. The predicted molar refractivity (Wildman–Crippen MR) is 91.8 cm³/mol. The first-order chi connectivity index (χ1) is 10.2. The first-order valence-corrected chi connectivity index (χ1v) is 8.24. The number of H-pyrrole nitrogens is 1. The highest BCUT2D eigenvalue weighted by Gasteiger charge is 2.07. The maximum Gasteiger partial charge on any atom is 0.234 e. The molecule has 1 aromatic heterocycles. The second-order valence-electron chi connectivity index (χ2n) is 4.54. The van der Waals surface area contributed by atoms with E-state index < -0.39 is 0 Å². The Hall–Kier alpha value is -1.72. The molecule has 0 atom stereocenters. The van der Waals surface area contributed by atoms with Gasteiger partial charge in [-0.1, -0.05) is 34.1 Å². The van der Waals surface area contributed by atoms with Crippen molar-refractivity contribution in [3.63, 3.8) is 0 Å². The van der Waals surface area contributed by atoms with Crippen LogP contribution in [0.25, 0.3) is 10.9 Å². The summed E-state index contributed by atoms with van der Waals surface area (Å²) < 4.78 is 0.994. The molecule has 21 heavy (non-hydrogen) atoms. The van der Waals surface area contributed by atoms with Crippen molar-refractivity contribution in [3.05, 3.63) is 59.2 Å². The largest absolute Gasteiger partial charge is 0.360 e. The van der Waals surface area contributed by atoms with Crippen molar-refractivity contribution in [3.8, 4) is 0 Å². The molecule has 0 saturated heterocycles. The van der Waals surface area contributed by atoms with E-state index in [1.54, 1.807) is 0 Å². The fourth-order valence-electron chi connectivity index (χ4n) is 2.04. The molecule has 0 saturated carbocycles. The molecule has 3 nitrogen and oxygen atoms in total. The minimum Gasteiger partial charge on any atom is -0.360 e. The molecule has 0 bridgehead atoms. The van der Waals surface area contributed by atoms with Crippen LogP contribution in [-0.4, -0.2) is 16.6 Å². The Labute approximate surface area is 135 Å². The number of carbonyl (C=O) groups excluding carboxylic acids is 1. The third-order valence-electron chi connectivity index (χ3n) is 3.04. The van der Waals surface area contributed by atoms with Gasteiger partial charge in [-0.05, 0) is 30.3 Å². The van der Waals surface area contributed by atoms with E-state index in [0.29, 0.717) is 5.75 Å². The van der Waals surface area contributed by atoms with Gasteiger partial charge in [-0.25, -0.2) is 0 Å². The van der Waals surface area contributed by atoms with Crippen molar-refractivity contribution in [1.29, 1.82) is 0 Å². The lowest BCUT2D eigenvalue weighted by Gasteiger charge is -2.04. The lowest BCUT2D eigenvalue weighted by atomic mass is 10.2. The Kier molecular flexibility index (Phi) is 4.31. The van der Waals surface area contributed by atoms with E-state index in [0.717, 1.165) is 26.0 Å². The highest BCUT2D eigenvalue weighted by Crippen LogP contribution is 2.27. The van der Waals surface area contributed by atoms with Crippen molar-refractivity contribution in [2.24, 2.45) is 0 Å². The molecule has 0 aliphatic rings. The highest BCUT2D eigenvalue weighted by atomic mass is 79.9. The van der Waals surface area contributed by atoms with Crippen LogP contribution >= 0.6 is 27.7 Å². The standard InChI is InChI=1S/C16H13BrN2OS/c17-11-5-7-12(8-6-11)19-16(20)10-21-15-9-18-14-4-2-1-3-13(14)15/h1-9,18H,10H2,(H,19,20). The van der Waals surface area contributed by atoms with Gasteiger partial charge in [0.2, 0.25) is 5.91 Å². The summed E-state index contributed by atoms with van der Waals surface area (Å²) in [5.74, 6) is 0.380. The summed E-state index contributed by atoms with van der Waals surface area (Å²) in [6.45, 7) is 0. The number of halogens is 1. The van der Waals surface area contributed by atoms with E-state index in [-0.39, 0.29) is 5.91 Å². The van der Waals surface area contributed by atoms with Gasteiger partial charge in [0.05, 0.1) is 5.75 Å². The number of carbonyl (C=O) groups is 1. The second-order valence-corrected chi connectivity index (χ2v) is 6.48. The van der Waals surface area contributed by atoms with Gasteiger partial charge in [-0.2, -0.15) is 0 Å². The summed E-state index contributed by atoms with van der Waals surface area (Å²) in [6.07, 6.45) is 1.95. The SMILES string of the molecule is O=C(CSc1c[nH]c2ccccc12)Nc1ccc(Br)cc1. The number of amides is 1. The number of fused-ring (bicyclic) bond motifs is 1. The monoisotopic (exact) mass is 360 g/mol. The van der Waals surface area contributed by atoms with Gasteiger partial charge in [0.25, 0.3) is 0 Å². The van der Waals surface area contributed by atoms with Gasteiger partial charge < -0.3 is 10.3 Å². The molecule has 1 amide bonds. The first kappa shape index (κ1) is 14.2. The van der Waals surface area contributed by atoms with E-state index in [1.165, 1.54) is 11.8 Å². The lowest BCUT2D eigenvalue weighted by Crippen LogP contribution is -2.13. The Morgan fingerprint density at radius 2 is 1.90 bits per heavy atom. The molecule has 106 valence electrons. The van der Waals surface area contributed by atoms with Crippen LogP contribution in [0.2, 0.25) is 0 Å². The first-order valence-electron chi connectivity index (χ1n) is 6.47. The number of aromatic amines is 1. The smallest absolute Gasteiger partial charge is 0.234 e. The van der Waals surface area contributed by atoms with Gasteiger partial charge in [0.15, 0.2) is 0 Å². The second kappa shape index (κ2) is 6.37. The van der Waals surface area contributed by atoms with Crippen LogP contribution in [0.3, 0.4) is 0 Å². The molecule has 5 heteroatoms. The molecule has 0 spiro atoms. The molecule has 0 fully saturated rings. The Morgan fingerprint density at radius 1 is 1.14 bits per heavy atom. The van der Waals surface area contributed by atoms with Crippen LogP contribution in [0.4, 0.5) is 5.69 Å². The summed E-state index contributed by atoms with van der Waals surface area (Å²) in [6, 6.07) is 15.6. The maximum atomic E-state index is 12.0. The molecule has 0 aliphatic heterocycles. The zero-order valence-corrected chi connectivity index (χ0v) is 13.5. The quantitative estimate of drug-likeness (QED) is 0.664. The van der Waals surface area contributed by atoms with Crippen molar-refractivity contribution in [2.75, 3.05) is 11.1 Å². The zero-order valence-electron chi connectivity index (χ0n) is 11.1. The van der Waals surface area contributed by atoms with E-state index in [1.807, 2.05) is 48.7 Å². The average Bonchev–Trinajstić information content (AvgIpc) is 2.91. The van der Waals surface area contributed by atoms with Crippen LogP contribution < -0.4 is 5.32 Å². The van der Waals surface area contributed by atoms with Crippen LogP contribution in [0.1, 0.15) is 0 Å². The van der Waals surface area contributed by atoms with Crippen molar-refractivity contribution in [2.45, 2.75) is 4.90 Å². The number of benzene rings is 2. The summed E-state index contributed by atoms with van der Waals surface area (Å²) in [7, 11) is 0. The number of rotatable bonds is 4. The molecule has 0 aliphatic carbocycles. The Balaban J connectivity index is 1.62. The molecule has 2 N–H and O–H groups in total. The topological polar surface area (TPSA) is 44.9 Å². The summed E-state index contributed by atoms with van der Waals surface area (Å²) in [5.41, 5.74) is 1.90. The Morgan fingerprint density at radius 3 is 2.71 bits per heavy atom. The van der Waals surface area contributed by atoms with Crippen molar-refractivity contribution >= 4 is 50.2 Å². The van der Waals surface area contributed by atoms with Crippen LogP contribution in [-0.2, 0) is 4.79 Å². The third kappa shape index (κ3) is 3.49. The highest BCUT2D eigenvalue weighted by molar-refractivity contribution is 9.10. The molecule has 3 aromatic rings. The van der Waals surface area contributed by atoms with Crippen LogP contribution in [0.5, 0.6) is 0 Å². The minimum atomic E-state index is -0.00685. The normalized spacial score (nSPS) is 10.7. The summed E-state index contributed by atoms with van der Waals surface area (Å²) >= 11 is 4.91. The predicted octanol–water partition coefficient (Wildman–Crippen LogP) is 4.66. The number of anilines is 1. The zero-order chi connectivity index (χ0) is 14.7. The van der Waals surface area contributed by atoms with Gasteiger partial charge in [-0.15, -0.1) is 11.8 Å². The number of para-hydroxylation sites is 1. The van der Waals surface area contributed by atoms with Gasteiger partial charge in [-0.3, -0.25) is 4.79 Å². The fourth-order valence-corrected chi connectivity index (χ4v) is 3.14. The Bertz CT molecular complexity index is 767. The number of nitrogens with one attached hydrogen (secondary N) is 2. The number of thioether (sulfide) groups is 1. The van der Waals surface area contributed by atoms with Gasteiger partial charge in [0, 0.05) is 32.2 Å². The molecule has 2 aromatic carbocycles. The number of hydrogen-bond acceptors (Lipinski definition) is 2. The van der Waals surface area contributed by atoms with Crippen LogP contribution in [0, 0.1) is 0 Å². The molecule has 0 radical (unpaired) electrons. The van der Waals surface area contributed by atoms with Gasteiger partial charge >= 0.3 is 0 Å². The van der Waals surface area contributed by atoms with Gasteiger partial charge in [0.1, 0.15) is 0 Å². The van der Waals surface area contributed by atoms with E-state index >= 15 is 0 Å². The number of aromatic nitrogens is 1. The van der Waals surface area contributed by atoms with E-state index in [4.69, 9.17) is 0 Å². The van der Waals surface area contributed by atoms with Crippen molar-refractivity contribution < 1.29 is 4.79 Å².